The summed E-state index contributed by atoms with van der Waals surface area (Å²) < 4.78 is 0. The summed E-state index contributed by atoms with van der Waals surface area (Å²) in [5.74, 6) is 0.434. The van der Waals surface area contributed by atoms with Crippen LogP contribution in [0.3, 0.4) is 0 Å². The topological polar surface area (TPSA) is 40.5 Å². The minimum absolute atomic E-state index is 0.0706. The van der Waals surface area contributed by atoms with Gasteiger partial charge in [-0.15, -0.1) is 23.2 Å². The number of halogens is 4. The van der Waals surface area contributed by atoms with E-state index in [2.05, 4.69) is 0 Å². The molecule has 0 aromatic heterocycles. The Morgan fingerprint density at radius 1 is 0.667 bits per heavy atom. The minimum Gasteiger partial charge on any atom is -0.507 e. The van der Waals surface area contributed by atoms with Gasteiger partial charge in [0.2, 0.25) is 0 Å². The molecule has 0 saturated carbocycles. The van der Waals surface area contributed by atoms with Crippen LogP contribution in [0, 0.1) is 0 Å². The second-order valence-electron chi connectivity index (χ2n) is 4.59. The first kappa shape index (κ1) is 16.6. The first-order valence-corrected chi connectivity index (χ1v) is 7.91. The van der Waals surface area contributed by atoms with Crippen molar-refractivity contribution >= 4 is 46.4 Å². The quantitative estimate of drug-likeness (QED) is 0.705. The van der Waals surface area contributed by atoms with Crippen LogP contribution in [-0.4, -0.2) is 10.2 Å². The first-order valence-electron chi connectivity index (χ1n) is 6.08. The average Bonchev–Trinajstić information content (AvgIpc) is 2.45. The normalized spacial score (nSPS) is 10.9. The largest absolute Gasteiger partial charge is 0.507 e. The van der Waals surface area contributed by atoms with Crippen molar-refractivity contribution in [2.75, 3.05) is 0 Å². The van der Waals surface area contributed by atoms with E-state index in [1.54, 1.807) is 24.3 Å². The van der Waals surface area contributed by atoms with Gasteiger partial charge in [0.05, 0.1) is 11.8 Å². The fourth-order valence-corrected chi connectivity index (χ4v) is 3.05. The molecule has 2 N–H and O–H groups in total. The highest BCUT2D eigenvalue weighted by molar-refractivity contribution is 6.31. The summed E-state index contributed by atoms with van der Waals surface area (Å²) in [7, 11) is 0. The van der Waals surface area contributed by atoms with Crippen LogP contribution in [-0.2, 0) is 18.2 Å². The van der Waals surface area contributed by atoms with Gasteiger partial charge in [-0.2, -0.15) is 0 Å². The van der Waals surface area contributed by atoms with Gasteiger partial charge in [-0.3, -0.25) is 0 Å². The highest BCUT2D eigenvalue weighted by atomic mass is 35.5. The third kappa shape index (κ3) is 3.70. The SMILES string of the molecule is Oc1c(CCl)cc(Cl)cc1Cc1cc(Cl)cc(CCl)c1O. The molecule has 0 unspecified atom stereocenters. The molecule has 0 spiro atoms. The van der Waals surface area contributed by atoms with Crippen LogP contribution < -0.4 is 0 Å². The molecule has 2 aromatic carbocycles. The summed E-state index contributed by atoms with van der Waals surface area (Å²) in [5.41, 5.74) is 2.21. The number of benzene rings is 2. The van der Waals surface area contributed by atoms with Crippen molar-refractivity contribution in [2.45, 2.75) is 18.2 Å². The molecule has 2 rings (SSSR count). The van der Waals surface area contributed by atoms with Gasteiger partial charge in [0.25, 0.3) is 0 Å². The molecule has 21 heavy (non-hydrogen) atoms. The van der Waals surface area contributed by atoms with Crippen molar-refractivity contribution in [1.82, 2.24) is 0 Å². The van der Waals surface area contributed by atoms with Gasteiger partial charge in [-0.1, -0.05) is 23.2 Å². The molecule has 6 heteroatoms. The predicted molar refractivity (Wildman–Crippen MR) is 88.2 cm³/mol. The summed E-state index contributed by atoms with van der Waals surface area (Å²) >= 11 is 23.6. The lowest BCUT2D eigenvalue weighted by Crippen LogP contribution is -1.95. The van der Waals surface area contributed by atoms with E-state index in [9.17, 15) is 10.2 Å². The van der Waals surface area contributed by atoms with Gasteiger partial charge in [0, 0.05) is 38.7 Å². The molecule has 0 aliphatic heterocycles. The van der Waals surface area contributed by atoms with Crippen molar-refractivity contribution in [2.24, 2.45) is 0 Å². The van der Waals surface area contributed by atoms with Crippen LogP contribution in [0.4, 0.5) is 0 Å². The maximum absolute atomic E-state index is 10.2. The molecule has 0 fully saturated rings. The highest BCUT2D eigenvalue weighted by Crippen LogP contribution is 2.34. The number of phenolic OH excluding ortho intramolecular Hbond substituents is 2. The number of phenols is 2. The van der Waals surface area contributed by atoms with Crippen LogP contribution in [0.1, 0.15) is 22.3 Å². The van der Waals surface area contributed by atoms with Crippen LogP contribution in [0.25, 0.3) is 0 Å². The van der Waals surface area contributed by atoms with Crippen LogP contribution in [0.2, 0.25) is 10.0 Å². The van der Waals surface area contributed by atoms with E-state index in [1.807, 2.05) is 0 Å². The number of aromatic hydroxyl groups is 2. The zero-order valence-electron chi connectivity index (χ0n) is 10.8. The Morgan fingerprint density at radius 2 is 1.00 bits per heavy atom. The molecule has 0 aliphatic carbocycles. The predicted octanol–water partition coefficient (Wildman–Crippen LogP) is 5.47. The Morgan fingerprint density at radius 3 is 1.33 bits per heavy atom. The second-order valence-corrected chi connectivity index (χ2v) is 6.00. The van der Waals surface area contributed by atoms with Crippen LogP contribution in [0.15, 0.2) is 24.3 Å². The van der Waals surface area contributed by atoms with Crippen molar-refractivity contribution in [3.05, 3.63) is 56.6 Å². The lowest BCUT2D eigenvalue weighted by molar-refractivity contribution is 0.458. The van der Waals surface area contributed by atoms with Crippen molar-refractivity contribution in [3.8, 4) is 11.5 Å². The maximum atomic E-state index is 10.2. The van der Waals surface area contributed by atoms with Crippen LogP contribution >= 0.6 is 46.4 Å². The number of rotatable bonds is 4. The Balaban J connectivity index is 2.48. The maximum Gasteiger partial charge on any atom is 0.123 e. The van der Waals surface area contributed by atoms with Crippen molar-refractivity contribution in [3.63, 3.8) is 0 Å². The van der Waals surface area contributed by atoms with Gasteiger partial charge in [-0.05, 0) is 24.3 Å². The smallest absolute Gasteiger partial charge is 0.123 e. The standard InChI is InChI=1S/C15H12Cl4O2/c16-6-10-4-12(18)2-8(14(10)20)1-9-3-13(19)5-11(7-17)15(9)21/h2-5,20-21H,1,6-7H2. The molecule has 112 valence electrons. The summed E-state index contributed by atoms with van der Waals surface area (Å²) in [5, 5.41) is 21.3. The summed E-state index contributed by atoms with van der Waals surface area (Å²) in [6.45, 7) is 0. The summed E-state index contributed by atoms with van der Waals surface area (Å²) in [6, 6.07) is 6.48. The number of alkyl halides is 2. The molecule has 0 heterocycles. The Kier molecular flexibility index (Phi) is 5.50. The molecule has 0 aliphatic rings. The third-order valence-electron chi connectivity index (χ3n) is 3.13. The zero-order valence-corrected chi connectivity index (χ0v) is 13.9. The van der Waals surface area contributed by atoms with Gasteiger partial charge in [0.15, 0.2) is 0 Å². The third-order valence-corrected chi connectivity index (χ3v) is 4.15. The van der Waals surface area contributed by atoms with E-state index in [4.69, 9.17) is 46.4 Å². The van der Waals surface area contributed by atoms with Gasteiger partial charge >= 0.3 is 0 Å². The first-order chi connectivity index (χ1) is 9.96. The Labute approximate surface area is 142 Å². The van der Waals surface area contributed by atoms with Crippen molar-refractivity contribution < 1.29 is 10.2 Å². The molecule has 0 bridgehead atoms. The molecule has 2 nitrogen and oxygen atoms in total. The zero-order chi connectivity index (χ0) is 15.6. The average molecular weight is 366 g/mol. The monoisotopic (exact) mass is 364 g/mol. The van der Waals surface area contributed by atoms with E-state index in [-0.39, 0.29) is 29.7 Å². The fourth-order valence-electron chi connectivity index (χ4n) is 2.11. The highest BCUT2D eigenvalue weighted by Gasteiger charge is 2.14. The number of hydrogen-bond donors (Lipinski definition) is 2. The molecule has 0 atom stereocenters. The van der Waals surface area contributed by atoms with Crippen molar-refractivity contribution in [1.29, 1.82) is 0 Å². The fraction of sp³-hybridized carbons (Fsp3) is 0.200. The lowest BCUT2D eigenvalue weighted by Gasteiger charge is -2.12. The second kappa shape index (κ2) is 6.97. The molecule has 0 saturated heterocycles. The number of hydrogen-bond acceptors (Lipinski definition) is 2. The molecule has 0 radical (unpaired) electrons. The van der Waals surface area contributed by atoms with E-state index in [0.29, 0.717) is 32.3 Å². The minimum atomic E-state index is 0.0706. The van der Waals surface area contributed by atoms with Crippen LogP contribution in [0.5, 0.6) is 11.5 Å². The van der Waals surface area contributed by atoms with Gasteiger partial charge < -0.3 is 10.2 Å². The Bertz CT molecular complexity index is 614. The van der Waals surface area contributed by atoms with E-state index < -0.39 is 0 Å². The Hall–Kier alpha value is -0.800. The molecule has 2 aromatic rings. The molecular weight excluding hydrogens is 354 g/mol. The lowest BCUT2D eigenvalue weighted by atomic mass is 9.99. The van der Waals surface area contributed by atoms with Gasteiger partial charge in [-0.25, -0.2) is 0 Å². The summed E-state index contributed by atoms with van der Waals surface area (Å²) in [6.07, 6.45) is 0.270. The van der Waals surface area contributed by atoms with E-state index >= 15 is 0 Å². The molecule has 0 amide bonds. The van der Waals surface area contributed by atoms with E-state index in [0.717, 1.165) is 0 Å². The van der Waals surface area contributed by atoms with E-state index in [1.165, 1.54) is 0 Å². The van der Waals surface area contributed by atoms with Gasteiger partial charge in [0.1, 0.15) is 11.5 Å². The molecular formula is C15H12Cl4O2. The summed E-state index contributed by atoms with van der Waals surface area (Å²) in [4.78, 5) is 0.